The molecule has 0 unspecified atom stereocenters. The normalized spacial score (nSPS) is 12.3. The second-order valence-corrected chi connectivity index (χ2v) is 9.75. The van der Waals surface area contributed by atoms with Crippen molar-refractivity contribution >= 4 is 10.8 Å². The van der Waals surface area contributed by atoms with Crippen molar-refractivity contribution in [2.24, 2.45) is 12.5 Å². The van der Waals surface area contributed by atoms with Crippen molar-refractivity contribution in [2.45, 2.75) is 41.0 Å². The monoisotopic (exact) mass is 413 g/mol. The Bertz CT molecular complexity index is 1320. The molecule has 0 saturated heterocycles. The van der Waals surface area contributed by atoms with Crippen LogP contribution in [0.3, 0.4) is 0 Å². The van der Waals surface area contributed by atoms with E-state index in [1.165, 1.54) is 5.56 Å². The van der Waals surface area contributed by atoms with Crippen LogP contribution < -0.4 is 4.57 Å². The van der Waals surface area contributed by atoms with E-state index in [9.17, 15) is 4.39 Å². The maximum absolute atomic E-state index is 15.0. The van der Waals surface area contributed by atoms with Gasteiger partial charge in [-0.1, -0.05) is 63.2 Å². The van der Waals surface area contributed by atoms with E-state index in [1.54, 1.807) is 6.07 Å². The van der Waals surface area contributed by atoms with Crippen LogP contribution >= 0.6 is 0 Å². The average molecular weight is 414 g/mol. The predicted octanol–water partition coefficient (Wildman–Crippen LogP) is 7.34. The first-order valence-corrected chi connectivity index (χ1v) is 10.8. The van der Waals surface area contributed by atoms with Gasteiger partial charge in [-0.3, -0.25) is 0 Å². The summed E-state index contributed by atoms with van der Waals surface area (Å²) in [5, 5.41) is 1.97. The van der Waals surface area contributed by atoms with Crippen LogP contribution in [-0.2, 0) is 13.5 Å². The Balaban J connectivity index is 2.01. The first-order chi connectivity index (χ1) is 15.1. The van der Waals surface area contributed by atoms with E-state index in [-0.39, 0.29) is 11.2 Å². The summed E-state index contributed by atoms with van der Waals surface area (Å²) < 4.78 is 25.8. The van der Waals surface area contributed by atoms with Gasteiger partial charge < -0.3 is 0 Å². The third-order valence-electron chi connectivity index (χ3n) is 5.88. The van der Waals surface area contributed by atoms with E-state index < -0.39 is 0 Å². The first kappa shape index (κ1) is 19.9. The lowest BCUT2D eigenvalue weighted by atomic mass is 9.87. The molecule has 1 aromatic heterocycles. The highest BCUT2D eigenvalue weighted by Gasteiger charge is 2.22. The smallest absolute Gasteiger partial charge is 0.206 e. The summed E-state index contributed by atoms with van der Waals surface area (Å²) >= 11 is 0. The minimum absolute atomic E-state index is 0.172. The fraction of sp³-hybridized carbons (Fsp3) is 0.276. The molecule has 0 aliphatic carbocycles. The first-order valence-electron chi connectivity index (χ1n) is 11.3. The third-order valence-corrected chi connectivity index (χ3v) is 5.88. The van der Waals surface area contributed by atoms with E-state index in [2.05, 4.69) is 43.5 Å². The van der Waals surface area contributed by atoms with Gasteiger partial charge in [0.25, 0.3) is 0 Å². The average Bonchev–Trinajstić information content (AvgIpc) is 2.73. The van der Waals surface area contributed by atoms with Crippen molar-refractivity contribution < 1.29 is 10.3 Å². The molecule has 1 heterocycles. The Hall–Kier alpha value is -3.00. The molecule has 4 aromatic rings. The zero-order chi connectivity index (χ0) is 23.2. The number of hydrogen-bond acceptors (Lipinski definition) is 0. The van der Waals surface area contributed by atoms with Gasteiger partial charge in [0.1, 0.15) is 12.9 Å². The van der Waals surface area contributed by atoms with Crippen molar-refractivity contribution in [1.29, 1.82) is 0 Å². The molecule has 3 aromatic carbocycles. The van der Waals surface area contributed by atoms with Gasteiger partial charge in [-0.05, 0) is 59.0 Å². The Labute approximate surface area is 186 Å². The van der Waals surface area contributed by atoms with E-state index in [0.29, 0.717) is 11.6 Å². The van der Waals surface area contributed by atoms with Gasteiger partial charge in [-0.2, -0.15) is 4.57 Å². The summed E-state index contributed by atoms with van der Waals surface area (Å²) in [6.45, 7) is 10.6. The van der Waals surface area contributed by atoms with Crippen molar-refractivity contribution in [3.8, 4) is 22.4 Å². The Morgan fingerprint density at radius 2 is 1.65 bits per heavy atom. The van der Waals surface area contributed by atoms with E-state index >= 15 is 0 Å². The maximum Gasteiger partial charge on any atom is 0.220 e. The molecule has 0 atom stereocenters. The number of nitrogens with zero attached hydrogens (tertiary/aromatic N) is 1. The molecule has 1 nitrogen and oxygen atoms in total. The van der Waals surface area contributed by atoms with Crippen molar-refractivity contribution in [3.05, 3.63) is 89.3 Å². The number of fused-ring (bicyclic) bond motifs is 1. The number of rotatable bonds is 3. The van der Waals surface area contributed by atoms with Crippen LogP contribution in [0.2, 0.25) is 0 Å². The molecule has 0 fully saturated rings. The standard InChI is InChI=1S/C29H31FN/c1-19-14-27(30)26(22-10-8-7-9-11-22)17-25(19)28-24-13-12-21(18-29(3,4)5)16-23(24)15-20(2)31(28)6/h7-17H,18H2,1-6H3/q+1/i15D. The van der Waals surface area contributed by atoms with Crippen LogP contribution in [-0.4, -0.2) is 0 Å². The predicted molar refractivity (Wildman–Crippen MR) is 129 cm³/mol. The van der Waals surface area contributed by atoms with Crippen molar-refractivity contribution in [3.63, 3.8) is 0 Å². The fourth-order valence-corrected chi connectivity index (χ4v) is 4.34. The second-order valence-electron chi connectivity index (χ2n) is 9.75. The molecule has 0 amide bonds. The Morgan fingerprint density at radius 1 is 0.935 bits per heavy atom. The molecular formula is C29H31FN+. The third kappa shape index (κ3) is 4.25. The molecule has 0 radical (unpaired) electrons. The fourth-order valence-electron chi connectivity index (χ4n) is 4.34. The minimum Gasteiger partial charge on any atom is -0.206 e. The summed E-state index contributed by atoms with van der Waals surface area (Å²) in [6, 6.07) is 20.3. The van der Waals surface area contributed by atoms with Gasteiger partial charge in [0.15, 0.2) is 5.69 Å². The Morgan fingerprint density at radius 3 is 2.32 bits per heavy atom. The number of halogens is 1. The van der Waals surface area contributed by atoms with E-state index in [1.807, 2.05) is 57.3 Å². The summed E-state index contributed by atoms with van der Waals surface area (Å²) in [7, 11) is 2.00. The van der Waals surface area contributed by atoms with Gasteiger partial charge in [-0.25, -0.2) is 4.39 Å². The number of aromatic nitrogens is 1. The molecule has 0 aliphatic rings. The molecule has 4 rings (SSSR count). The van der Waals surface area contributed by atoms with Crippen molar-refractivity contribution in [1.82, 2.24) is 0 Å². The Kier molecular flexibility index (Phi) is 5.09. The number of aryl methyl sites for hydroxylation is 1. The lowest BCUT2D eigenvalue weighted by molar-refractivity contribution is -0.665. The summed E-state index contributed by atoms with van der Waals surface area (Å²) in [5.74, 6) is -0.217. The van der Waals surface area contributed by atoms with Crippen LogP contribution in [0.15, 0.2) is 66.7 Å². The molecule has 0 aliphatic heterocycles. The van der Waals surface area contributed by atoms with Crippen LogP contribution in [0.1, 0.15) is 39.0 Å². The quantitative estimate of drug-likeness (QED) is 0.309. The lowest BCUT2D eigenvalue weighted by Gasteiger charge is -2.19. The van der Waals surface area contributed by atoms with E-state index in [4.69, 9.17) is 1.37 Å². The molecule has 31 heavy (non-hydrogen) atoms. The highest BCUT2D eigenvalue weighted by atomic mass is 19.1. The number of benzene rings is 3. The molecule has 158 valence electrons. The lowest BCUT2D eigenvalue weighted by Crippen LogP contribution is -2.35. The van der Waals surface area contributed by atoms with Crippen molar-refractivity contribution in [2.75, 3.05) is 0 Å². The zero-order valence-corrected chi connectivity index (χ0v) is 19.3. The zero-order valence-electron chi connectivity index (χ0n) is 20.3. The van der Waals surface area contributed by atoms with Crippen LogP contribution in [0.5, 0.6) is 0 Å². The largest absolute Gasteiger partial charge is 0.220 e. The van der Waals surface area contributed by atoms with Gasteiger partial charge in [0.2, 0.25) is 5.69 Å². The van der Waals surface area contributed by atoms with Gasteiger partial charge in [0, 0.05) is 18.5 Å². The topological polar surface area (TPSA) is 3.88 Å². The van der Waals surface area contributed by atoms with Crippen LogP contribution in [0, 0.1) is 25.1 Å². The van der Waals surface area contributed by atoms with Gasteiger partial charge >= 0.3 is 0 Å². The highest BCUT2D eigenvalue weighted by Crippen LogP contribution is 2.34. The second kappa shape index (κ2) is 7.92. The van der Waals surface area contributed by atoms with Crippen LogP contribution in [0.25, 0.3) is 33.2 Å². The summed E-state index contributed by atoms with van der Waals surface area (Å²) in [4.78, 5) is 0. The minimum atomic E-state index is -0.217. The number of hydrogen-bond donors (Lipinski definition) is 0. The molecule has 0 bridgehead atoms. The number of pyridine rings is 1. The molecule has 2 heteroatoms. The molecule has 0 N–H and O–H groups in total. The summed E-state index contributed by atoms with van der Waals surface area (Å²) in [5.41, 5.74) is 6.65. The SMILES string of the molecule is [2H]c1c(C)[n+](C)c(-c2cc(-c3ccccc3)c(F)cc2C)c2ccc(CC(C)(C)C)cc12. The molecule has 0 spiro atoms. The maximum atomic E-state index is 15.0. The van der Waals surface area contributed by atoms with E-state index in [0.717, 1.165) is 45.3 Å². The van der Waals surface area contributed by atoms with Gasteiger partial charge in [0.05, 0.1) is 12.3 Å². The highest BCUT2D eigenvalue weighted by molar-refractivity contribution is 5.95. The molecule has 0 saturated carbocycles. The molecular weight excluding hydrogens is 381 g/mol. The van der Waals surface area contributed by atoms with Gasteiger partial charge in [-0.15, -0.1) is 0 Å². The van der Waals surface area contributed by atoms with Crippen LogP contribution in [0.4, 0.5) is 4.39 Å². The summed E-state index contributed by atoms with van der Waals surface area (Å²) in [6.07, 6.45) is 0.950.